The fourth-order valence-electron chi connectivity index (χ4n) is 3.93. The monoisotopic (exact) mass is 385 g/mol. The molecule has 2 heterocycles. The number of carbonyl (C=O) groups excluding carboxylic acids is 4. The minimum atomic E-state index is -1.22. The van der Waals surface area contributed by atoms with E-state index in [1.165, 1.54) is 17.0 Å². The summed E-state index contributed by atoms with van der Waals surface area (Å²) in [6.07, 6.45) is 1.95. The molecule has 1 atom stereocenters. The number of amides is 4. The smallest absolute Gasteiger partial charge is 0.329 e. The van der Waals surface area contributed by atoms with Crippen LogP contribution in [0.3, 0.4) is 0 Å². The molecule has 146 valence electrons. The highest BCUT2D eigenvalue weighted by Crippen LogP contribution is 2.33. The van der Waals surface area contributed by atoms with Crippen LogP contribution < -0.4 is 10.6 Å². The zero-order chi connectivity index (χ0) is 20.1. The Bertz CT molecular complexity index is 920. The Balaban J connectivity index is 1.52. The summed E-state index contributed by atoms with van der Waals surface area (Å²) < 4.78 is 0. The average molecular weight is 385 g/mol. The van der Waals surface area contributed by atoms with Crippen LogP contribution in [0.15, 0.2) is 18.2 Å². The molecule has 9 nitrogen and oxygen atoms in total. The number of nitrogens with zero attached hydrogens (tertiary/aromatic N) is 1. The minimum absolute atomic E-state index is 0.158. The summed E-state index contributed by atoms with van der Waals surface area (Å²) >= 11 is 0. The van der Waals surface area contributed by atoms with E-state index in [0.717, 1.165) is 6.42 Å². The van der Waals surface area contributed by atoms with Gasteiger partial charge in [0.25, 0.3) is 11.8 Å². The first-order chi connectivity index (χ1) is 13.3. The van der Waals surface area contributed by atoms with Gasteiger partial charge in [0.15, 0.2) is 0 Å². The largest absolute Gasteiger partial charge is 0.480 e. The van der Waals surface area contributed by atoms with Gasteiger partial charge in [0.05, 0.1) is 0 Å². The molecular formula is C19H19N3O6. The van der Waals surface area contributed by atoms with E-state index in [1.54, 1.807) is 6.07 Å². The fraction of sp³-hybridized carbons (Fsp3) is 0.421. The van der Waals surface area contributed by atoms with Crippen molar-refractivity contribution >= 4 is 29.6 Å². The van der Waals surface area contributed by atoms with E-state index in [-0.39, 0.29) is 36.8 Å². The lowest BCUT2D eigenvalue weighted by Gasteiger charge is -2.38. The highest BCUT2D eigenvalue weighted by molar-refractivity contribution is 6.06. The van der Waals surface area contributed by atoms with Crippen LogP contribution in [0, 0.1) is 0 Å². The van der Waals surface area contributed by atoms with Gasteiger partial charge in [0.1, 0.15) is 11.6 Å². The Morgan fingerprint density at radius 3 is 2.57 bits per heavy atom. The average Bonchev–Trinajstić information content (AvgIpc) is 2.93. The molecule has 1 saturated carbocycles. The predicted octanol–water partition coefficient (Wildman–Crippen LogP) is 0.185. The molecule has 3 N–H and O–H groups in total. The molecule has 0 aromatic heterocycles. The topological polar surface area (TPSA) is 133 Å². The Hall–Kier alpha value is -3.23. The molecule has 2 aliphatic heterocycles. The minimum Gasteiger partial charge on any atom is -0.480 e. The molecule has 3 aliphatic rings. The van der Waals surface area contributed by atoms with Crippen molar-refractivity contribution in [3.8, 4) is 0 Å². The third-order valence-electron chi connectivity index (χ3n) is 5.76. The Kier molecular flexibility index (Phi) is 4.17. The van der Waals surface area contributed by atoms with Gasteiger partial charge in [-0.3, -0.25) is 24.5 Å². The molecule has 1 unspecified atom stereocenters. The number of piperidine rings is 1. The summed E-state index contributed by atoms with van der Waals surface area (Å²) in [6.45, 7) is 0.158. The molecule has 2 fully saturated rings. The lowest BCUT2D eigenvalue weighted by Crippen LogP contribution is -2.59. The normalized spacial score (nSPS) is 22.9. The molecule has 1 aromatic carbocycles. The first kappa shape index (κ1) is 18.1. The summed E-state index contributed by atoms with van der Waals surface area (Å²) in [5.41, 5.74) is 0.0485. The Labute approximate surface area is 160 Å². The van der Waals surface area contributed by atoms with E-state index in [9.17, 15) is 29.1 Å². The predicted molar refractivity (Wildman–Crippen MR) is 94.2 cm³/mol. The maximum atomic E-state index is 12.7. The summed E-state index contributed by atoms with van der Waals surface area (Å²) in [4.78, 5) is 61.4. The number of nitrogens with one attached hydrogen (secondary N) is 2. The third kappa shape index (κ3) is 2.83. The number of hydrogen-bond donors (Lipinski definition) is 3. The standard InChI is InChI=1S/C19H19N3O6/c23-14-5-4-13(16(25)20-14)22-9-11-8-10(2-3-12(11)17(22)26)15(24)21-19(18(27)28)6-1-7-19/h2-3,8,13H,1,4-7,9H2,(H,21,24)(H,27,28)(H,20,23,25). The fourth-order valence-corrected chi connectivity index (χ4v) is 3.93. The maximum absolute atomic E-state index is 12.7. The number of benzene rings is 1. The molecular weight excluding hydrogens is 366 g/mol. The highest BCUT2D eigenvalue weighted by Gasteiger charge is 2.46. The summed E-state index contributed by atoms with van der Waals surface area (Å²) in [5, 5.41) is 14.2. The second-order valence-corrected chi connectivity index (χ2v) is 7.47. The molecule has 1 aliphatic carbocycles. The van der Waals surface area contributed by atoms with Crippen molar-refractivity contribution in [1.82, 2.24) is 15.5 Å². The number of carboxylic acid groups (broad SMARTS) is 1. The van der Waals surface area contributed by atoms with E-state index in [0.29, 0.717) is 24.0 Å². The second kappa shape index (κ2) is 6.43. The zero-order valence-electron chi connectivity index (χ0n) is 15.0. The van der Waals surface area contributed by atoms with Gasteiger partial charge in [-0.2, -0.15) is 0 Å². The van der Waals surface area contributed by atoms with Crippen molar-refractivity contribution in [2.75, 3.05) is 0 Å². The maximum Gasteiger partial charge on any atom is 0.329 e. The van der Waals surface area contributed by atoms with Crippen LogP contribution in [-0.2, 0) is 20.9 Å². The van der Waals surface area contributed by atoms with Crippen molar-refractivity contribution in [2.24, 2.45) is 0 Å². The lowest BCUT2D eigenvalue weighted by molar-refractivity contribution is -0.148. The highest BCUT2D eigenvalue weighted by atomic mass is 16.4. The molecule has 4 amide bonds. The number of rotatable bonds is 4. The van der Waals surface area contributed by atoms with E-state index in [4.69, 9.17) is 0 Å². The van der Waals surface area contributed by atoms with E-state index in [2.05, 4.69) is 10.6 Å². The molecule has 0 spiro atoms. The van der Waals surface area contributed by atoms with Crippen LogP contribution in [0.2, 0.25) is 0 Å². The van der Waals surface area contributed by atoms with Crippen LogP contribution in [0.4, 0.5) is 0 Å². The molecule has 28 heavy (non-hydrogen) atoms. The molecule has 0 radical (unpaired) electrons. The van der Waals surface area contributed by atoms with Crippen LogP contribution >= 0.6 is 0 Å². The first-order valence-electron chi connectivity index (χ1n) is 9.14. The molecule has 1 aromatic rings. The number of imide groups is 1. The van der Waals surface area contributed by atoms with Gasteiger partial charge < -0.3 is 15.3 Å². The second-order valence-electron chi connectivity index (χ2n) is 7.47. The van der Waals surface area contributed by atoms with Gasteiger partial charge in [0.2, 0.25) is 11.8 Å². The first-order valence-corrected chi connectivity index (χ1v) is 9.14. The molecule has 0 bridgehead atoms. The van der Waals surface area contributed by atoms with E-state index < -0.39 is 29.4 Å². The summed E-state index contributed by atoms with van der Waals surface area (Å²) in [7, 11) is 0. The zero-order valence-corrected chi connectivity index (χ0v) is 15.0. The van der Waals surface area contributed by atoms with Gasteiger partial charge in [0, 0.05) is 24.1 Å². The number of carbonyl (C=O) groups is 5. The SMILES string of the molecule is O=C1CCC(N2Cc3cc(C(=O)NC4(C(=O)O)CCC4)ccc3C2=O)C(=O)N1. The van der Waals surface area contributed by atoms with Gasteiger partial charge >= 0.3 is 5.97 Å². The van der Waals surface area contributed by atoms with Gasteiger partial charge in [-0.15, -0.1) is 0 Å². The lowest BCUT2D eigenvalue weighted by atomic mass is 9.76. The van der Waals surface area contributed by atoms with Crippen molar-refractivity contribution in [2.45, 2.75) is 50.2 Å². The van der Waals surface area contributed by atoms with Crippen LogP contribution in [0.25, 0.3) is 0 Å². The number of carboxylic acids is 1. The number of hydrogen-bond acceptors (Lipinski definition) is 5. The van der Waals surface area contributed by atoms with E-state index in [1.807, 2.05) is 0 Å². The van der Waals surface area contributed by atoms with Crippen molar-refractivity contribution in [1.29, 1.82) is 0 Å². The van der Waals surface area contributed by atoms with Crippen molar-refractivity contribution < 1.29 is 29.1 Å². The summed E-state index contributed by atoms with van der Waals surface area (Å²) in [6, 6.07) is 3.84. The quantitative estimate of drug-likeness (QED) is 0.634. The van der Waals surface area contributed by atoms with Crippen molar-refractivity contribution in [3.63, 3.8) is 0 Å². The molecule has 4 rings (SSSR count). The molecule has 9 heteroatoms. The number of fused-ring (bicyclic) bond motifs is 1. The number of aliphatic carboxylic acids is 1. The van der Waals surface area contributed by atoms with Gasteiger partial charge in [-0.05, 0) is 49.4 Å². The van der Waals surface area contributed by atoms with Crippen LogP contribution in [0.1, 0.15) is 58.4 Å². The van der Waals surface area contributed by atoms with E-state index >= 15 is 0 Å². The van der Waals surface area contributed by atoms with Gasteiger partial charge in [-0.25, -0.2) is 4.79 Å². The van der Waals surface area contributed by atoms with Crippen LogP contribution in [0.5, 0.6) is 0 Å². The Morgan fingerprint density at radius 2 is 1.96 bits per heavy atom. The molecule has 1 saturated heterocycles. The van der Waals surface area contributed by atoms with Crippen LogP contribution in [-0.4, -0.2) is 51.2 Å². The van der Waals surface area contributed by atoms with Crippen molar-refractivity contribution in [3.05, 3.63) is 34.9 Å². The third-order valence-corrected chi connectivity index (χ3v) is 5.76. The Morgan fingerprint density at radius 1 is 1.21 bits per heavy atom. The summed E-state index contributed by atoms with van der Waals surface area (Å²) in [5.74, 6) is -2.72. The van der Waals surface area contributed by atoms with Gasteiger partial charge in [-0.1, -0.05) is 0 Å².